The zero-order valence-corrected chi connectivity index (χ0v) is 29.8. The summed E-state index contributed by atoms with van der Waals surface area (Å²) >= 11 is 0. The second kappa shape index (κ2) is 17.7. The lowest BCUT2D eigenvalue weighted by Gasteiger charge is -2.45. The molecule has 4 heterocycles. The van der Waals surface area contributed by atoms with E-state index in [1.807, 2.05) is 10.3 Å². The first-order chi connectivity index (χ1) is 25.0. The van der Waals surface area contributed by atoms with Crippen LogP contribution in [0.1, 0.15) is 13.2 Å². The molecule has 4 rings (SSSR count). The topological polar surface area (TPSA) is 440 Å². The van der Waals surface area contributed by atoms with Crippen molar-refractivity contribution >= 4 is 29.4 Å². The Morgan fingerprint density at radius 3 is 1.91 bits per heavy atom. The maximum Gasteiger partial charge on any atom is 0.330 e. The van der Waals surface area contributed by atoms with Gasteiger partial charge in [-0.3, -0.25) is 41.9 Å². The molecule has 0 spiro atoms. The van der Waals surface area contributed by atoms with Crippen LogP contribution in [0.25, 0.3) is 0 Å². The van der Waals surface area contributed by atoms with Crippen LogP contribution in [0.3, 0.4) is 0 Å². The van der Waals surface area contributed by atoms with Gasteiger partial charge in [0.15, 0.2) is 18.8 Å². The zero-order valence-electron chi connectivity index (χ0n) is 27.2. The number of hydrogen-bond acceptors (Lipinski definition) is 25. The Bertz CT molecular complexity index is 1730. The highest BCUT2D eigenvalue weighted by molar-refractivity contribution is 7.59. The molecule has 0 aliphatic carbocycles. The van der Waals surface area contributed by atoms with E-state index in [-0.39, 0.29) is 0 Å². The molecule has 0 radical (unpaired) electrons. The van der Waals surface area contributed by atoms with E-state index in [2.05, 4.69) is 22.4 Å². The average Bonchev–Trinajstić information content (AvgIpc) is 3.34. The number of nitrogens with one attached hydrogen (secondary N) is 2. The van der Waals surface area contributed by atoms with E-state index >= 15 is 0 Å². The second-order valence-electron chi connectivity index (χ2n) is 11.7. The molecule has 1 amide bonds. The third-order valence-corrected chi connectivity index (χ3v) is 11.3. The van der Waals surface area contributed by atoms with E-state index in [0.29, 0.717) is 4.57 Å². The van der Waals surface area contributed by atoms with Crippen molar-refractivity contribution < 1.29 is 111 Å². The molecule has 3 aliphatic heterocycles. The van der Waals surface area contributed by atoms with Gasteiger partial charge in [-0.1, -0.05) is 0 Å². The molecule has 3 fully saturated rings. The van der Waals surface area contributed by atoms with Crippen LogP contribution in [0.4, 0.5) is 0 Å². The van der Waals surface area contributed by atoms with Crippen LogP contribution < -0.4 is 31.2 Å². The molecule has 4 unspecified atom stereocenters. The molecule has 1 aromatic rings. The van der Waals surface area contributed by atoms with Gasteiger partial charge < -0.3 is 84.1 Å². The van der Waals surface area contributed by atoms with Crippen molar-refractivity contribution in [2.24, 2.45) is 0 Å². The van der Waals surface area contributed by atoms with Gasteiger partial charge in [-0.25, -0.2) is 9.11 Å². The van der Waals surface area contributed by atoms with E-state index in [1.165, 1.54) is 0 Å². The molecular weight excluding hydrogens is 811 g/mol. The molecule has 0 bridgehead atoms. The smallest absolute Gasteiger partial charge is 0.330 e. The van der Waals surface area contributed by atoms with Gasteiger partial charge in [0.1, 0.15) is 67.1 Å². The Hall–Kier alpha value is -1.92. The molecule has 3 saturated heterocycles. The maximum absolute atomic E-state index is 12.7. The fourth-order valence-electron chi connectivity index (χ4n) is 5.21. The number of ether oxygens (including phenoxy) is 3. The number of amides is 1. The van der Waals surface area contributed by atoms with Gasteiger partial charge in [-0.05, 0) is 0 Å². The number of phosphoric ester groups is 3. The van der Waals surface area contributed by atoms with E-state index in [1.54, 1.807) is 0 Å². The summed E-state index contributed by atoms with van der Waals surface area (Å²) in [6.07, 6.45) is -25.5. The van der Waals surface area contributed by atoms with Gasteiger partial charge in [-0.2, -0.15) is 0 Å². The van der Waals surface area contributed by atoms with Crippen LogP contribution in [-0.4, -0.2) is 156 Å². The minimum absolute atomic E-state index is 0.643. The van der Waals surface area contributed by atoms with E-state index in [9.17, 15) is 83.6 Å². The summed E-state index contributed by atoms with van der Waals surface area (Å²) in [6, 6.07) is -1.17. The lowest BCUT2D eigenvalue weighted by atomic mass is 9.97. The highest BCUT2D eigenvalue weighted by Crippen LogP contribution is 2.57. The highest BCUT2D eigenvalue weighted by Gasteiger charge is 2.49. The van der Waals surface area contributed by atoms with Gasteiger partial charge in [0.2, 0.25) is 5.91 Å². The molecule has 31 heteroatoms. The third kappa shape index (κ3) is 10.9. The molecule has 10 N–H and O–H groups in total. The van der Waals surface area contributed by atoms with Gasteiger partial charge in [0.25, 0.3) is 29.0 Å². The normalized spacial score (nSPS) is 39.3. The van der Waals surface area contributed by atoms with Crippen LogP contribution in [-0.2, 0) is 55.1 Å². The van der Waals surface area contributed by atoms with Crippen molar-refractivity contribution in [1.82, 2.24) is 14.9 Å². The van der Waals surface area contributed by atoms with Crippen molar-refractivity contribution in [2.75, 3.05) is 19.8 Å². The summed E-state index contributed by atoms with van der Waals surface area (Å²) < 4.78 is 75.6. The molecule has 28 nitrogen and oxygen atoms in total. The molecule has 17 atom stereocenters. The third-order valence-electron chi connectivity index (χ3n) is 7.84. The number of carbonyl (C=O) groups is 1. The number of phosphoric acid groups is 3. The van der Waals surface area contributed by atoms with Crippen molar-refractivity contribution in [3.63, 3.8) is 0 Å². The van der Waals surface area contributed by atoms with Gasteiger partial charge in [-0.15, -0.1) is 0 Å². The Labute approximate surface area is 300 Å². The monoisotopic (exact) mass is 846 g/mol. The summed E-state index contributed by atoms with van der Waals surface area (Å²) in [7, 11) is -18.0. The van der Waals surface area contributed by atoms with Crippen LogP contribution >= 0.6 is 23.5 Å². The molecule has 3 aliphatic rings. The summed E-state index contributed by atoms with van der Waals surface area (Å²) in [5, 5.41) is 82.6. The van der Waals surface area contributed by atoms with Crippen LogP contribution in [0.5, 0.6) is 0 Å². The van der Waals surface area contributed by atoms with Crippen LogP contribution in [0.2, 0.25) is 0 Å². The number of aromatic amines is 1. The quantitative estimate of drug-likeness (QED) is 0.0733. The predicted octanol–water partition coefficient (Wildman–Crippen LogP) is -8.60. The minimum atomic E-state index is -6.24. The minimum Gasteiger partial charge on any atom is -0.756 e. The molecule has 0 saturated carbocycles. The maximum atomic E-state index is 12.7. The fraction of sp³-hybridized carbons (Fsp3) is 0.783. The molecule has 310 valence electrons. The largest absolute Gasteiger partial charge is 0.756 e. The molecule has 0 aromatic carbocycles. The van der Waals surface area contributed by atoms with Crippen LogP contribution in [0.15, 0.2) is 21.9 Å². The number of rotatable bonds is 15. The molecular formula is C23H35N3O25P3-3. The molecule has 54 heavy (non-hydrogen) atoms. The van der Waals surface area contributed by atoms with Crippen LogP contribution in [0, 0.1) is 0 Å². The number of aliphatic hydroxyl groups is 8. The summed E-state index contributed by atoms with van der Waals surface area (Å²) in [4.78, 5) is 74.6. The summed E-state index contributed by atoms with van der Waals surface area (Å²) in [6.45, 7) is -2.69. The van der Waals surface area contributed by atoms with E-state index in [0.717, 1.165) is 19.2 Å². The lowest BCUT2D eigenvalue weighted by molar-refractivity contribution is -0.309. The SMILES string of the molecule is CC(=O)N[C@H]1C(OP(=O)([O-])OP(=O)([O-])OC[C@H]2O[C@@H](n3ccc(=O)[nH]c3=O)[C@H](O)[C@@H]2O)O[C@H](COP(=O)([O-])O[C@@H]2O[C@H](CO)[C@H](O)[C@H](O)[C@H]2O)[C@@H](O)[C@@H]1O. The predicted molar refractivity (Wildman–Crippen MR) is 157 cm³/mol. The summed E-state index contributed by atoms with van der Waals surface area (Å²) in [5.74, 6) is -0.991. The lowest BCUT2D eigenvalue weighted by Crippen LogP contribution is -2.64. The first-order valence-electron chi connectivity index (χ1n) is 15.2. The standard InChI is InChI=1S/C23H38N3O25P3/c1-7(28)24-12-16(33)14(31)10(6-44-52(38,39)50-22-19(36)17(34)13(30)8(4-27)47-22)48-21(12)49-54(42,43)51-53(40,41)45-5-9-15(32)18(35)20(46-9)26-3-2-11(29)25-23(26)37/h2-3,8-10,12-22,27,30-36H,4-6H2,1H3,(H,24,28)(H,38,39)(H,40,41)(H,42,43)(H,25,29,37)/p-3/t8-,9-,10-,12-,13+,14-,15-,16-,17+,18-,19-,20-,21?,22+/m1/s1. The van der Waals surface area contributed by atoms with Crippen molar-refractivity contribution in [3.05, 3.63) is 33.1 Å². The highest BCUT2D eigenvalue weighted by atomic mass is 31.3. The van der Waals surface area contributed by atoms with Crippen molar-refractivity contribution in [2.45, 2.75) is 92.8 Å². The van der Waals surface area contributed by atoms with Gasteiger partial charge in [0, 0.05) is 19.2 Å². The fourth-order valence-corrected chi connectivity index (χ4v) is 8.11. The van der Waals surface area contributed by atoms with E-state index < -0.39 is 146 Å². The van der Waals surface area contributed by atoms with Gasteiger partial charge in [0.05, 0.1) is 19.8 Å². The summed E-state index contributed by atoms with van der Waals surface area (Å²) in [5.41, 5.74) is -1.90. The number of aromatic nitrogens is 2. The Balaban J connectivity index is 1.40. The molecule has 1 aromatic heterocycles. The number of carbonyl (C=O) groups excluding carboxylic acids is 1. The van der Waals surface area contributed by atoms with Gasteiger partial charge >= 0.3 is 5.69 Å². The van der Waals surface area contributed by atoms with Crippen molar-refractivity contribution in [1.29, 1.82) is 0 Å². The first kappa shape index (κ1) is 44.8. The number of nitrogens with zero attached hydrogens (tertiary/aromatic N) is 1. The number of H-pyrrole nitrogens is 1. The average molecular weight is 846 g/mol. The number of hydrogen-bond donors (Lipinski definition) is 10. The Kier molecular flexibility index (Phi) is 14.7. The first-order valence-corrected chi connectivity index (χ1v) is 19.6. The second-order valence-corrected chi connectivity index (χ2v) is 16.0. The van der Waals surface area contributed by atoms with Crippen molar-refractivity contribution in [3.8, 4) is 0 Å². The Morgan fingerprint density at radius 2 is 1.31 bits per heavy atom. The Morgan fingerprint density at radius 1 is 0.778 bits per heavy atom. The zero-order chi connectivity index (χ0) is 40.5. The van der Waals surface area contributed by atoms with E-state index in [4.69, 9.17) is 14.2 Å². The number of aliphatic hydroxyl groups excluding tert-OH is 8.